The Morgan fingerprint density at radius 3 is 2.65 bits per heavy atom. The Kier molecular flexibility index (Phi) is 4.49. The number of halogens is 2. The largest absolute Gasteiger partial charge is 0.392 e. The fourth-order valence-electron chi connectivity index (χ4n) is 1.10. The number of rotatable bonds is 5. The first-order chi connectivity index (χ1) is 7.80. The molecular weight excluding hydrogens is 270 g/mol. The zero-order valence-electron chi connectivity index (χ0n) is 8.61. The lowest BCUT2D eigenvalue weighted by Gasteiger charge is -2.06. The van der Waals surface area contributed by atoms with Crippen molar-refractivity contribution in [1.29, 1.82) is 0 Å². The molecule has 0 amide bonds. The Bertz CT molecular complexity index is 532. The van der Waals surface area contributed by atoms with Gasteiger partial charge in [0, 0.05) is 12.1 Å². The monoisotopic (exact) mass is 280 g/mol. The smallest absolute Gasteiger partial charge is 0.218 e. The van der Waals surface area contributed by atoms with E-state index in [2.05, 4.69) is 16.9 Å². The first kappa shape index (κ1) is 13.9. The third kappa shape index (κ3) is 4.72. The molecule has 0 aromatic heterocycles. The van der Waals surface area contributed by atoms with Crippen molar-refractivity contribution >= 4 is 27.2 Å². The average Bonchev–Trinajstić information content (AvgIpc) is 2.17. The predicted molar refractivity (Wildman–Crippen MR) is 63.8 cm³/mol. The van der Waals surface area contributed by atoms with Gasteiger partial charge in [-0.3, -0.25) is 0 Å². The van der Waals surface area contributed by atoms with Crippen LogP contribution in [0.15, 0.2) is 18.2 Å². The lowest BCUT2D eigenvalue weighted by atomic mass is 10.2. The molecule has 0 heterocycles. The first-order valence-corrected chi connectivity index (χ1v) is 6.56. The summed E-state index contributed by atoms with van der Waals surface area (Å²) in [5.74, 6) is -1.86. The Labute approximate surface area is 103 Å². The molecule has 0 saturated carbocycles. The van der Waals surface area contributed by atoms with Gasteiger partial charge < -0.3 is 5.73 Å². The molecule has 0 aliphatic rings. The Hall–Kier alpha value is -1.12. The second kappa shape index (κ2) is 5.48. The number of thiocarbonyl (C=S) groups is 1. The number of nitrogens with one attached hydrogen (secondary N) is 1. The Morgan fingerprint density at radius 1 is 1.41 bits per heavy atom. The van der Waals surface area contributed by atoms with Gasteiger partial charge in [0.15, 0.2) is 0 Å². The van der Waals surface area contributed by atoms with E-state index in [0.717, 1.165) is 18.2 Å². The molecule has 0 atom stereocenters. The van der Waals surface area contributed by atoms with Crippen molar-refractivity contribution in [3.63, 3.8) is 0 Å². The zero-order valence-corrected chi connectivity index (χ0v) is 10.2. The molecule has 0 radical (unpaired) electrons. The summed E-state index contributed by atoms with van der Waals surface area (Å²) in [6.45, 7) is -0.353. The van der Waals surface area contributed by atoms with Crippen molar-refractivity contribution < 1.29 is 17.2 Å². The van der Waals surface area contributed by atoms with Gasteiger partial charge in [-0.15, -0.1) is 0 Å². The van der Waals surface area contributed by atoms with Gasteiger partial charge in [0.2, 0.25) is 10.0 Å². The molecule has 0 fully saturated rings. The second-order valence-corrected chi connectivity index (χ2v) is 5.61. The summed E-state index contributed by atoms with van der Waals surface area (Å²) in [6, 6.07) is 2.79. The van der Waals surface area contributed by atoms with Gasteiger partial charge >= 0.3 is 0 Å². The second-order valence-electron chi connectivity index (χ2n) is 3.28. The fraction of sp³-hybridized carbons (Fsp3) is 0.222. The molecule has 17 heavy (non-hydrogen) atoms. The maximum atomic E-state index is 13.2. The van der Waals surface area contributed by atoms with Crippen LogP contribution in [0.5, 0.6) is 0 Å². The summed E-state index contributed by atoms with van der Waals surface area (Å²) in [7, 11) is -3.71. The Balaban J connectivity index is 2.74. The lowest BCUT2D eigenvalue weighted by Crippen LogP contribution is -2.32. The van der Waals surface area contributed by atoms with Crippen LogP contribution >= 0.6 is 12.2 Å². The van der Waals surface area contributed by atoms with Crippen LogP contribution < -0.4 is 10.5 Å². The van der Waals surface area contributed by atoms with Crippen LogP contribution in [0.4, 0.5) is 8.78 Å². The molecule has 8 heteroatoms. The number of hydrogen-bond acceptors (Lipinski definition) is 3. The average molecular weight is 280 g/mol. The minimum absolute atomic E-state index is 0.0866. The number of benzene rings is 1. The highest BCUT2D eigenvalue weighted by molar-refractivity contribution is 7.92. The van der Waals surface area contributed by atoms with Crippen molar-refractivity contribution in [2.75, 3.05) is 5.75 Å². The molecule has 3 N–H and O–H groups in total. The van der Waals surface area contributed by atoms with Gasteiger partial charge in [-0.1, -0.05) is 12.2 Å². The summed E-state index contributed by atoms with van der Waals surface area (Å²) >= 11 is 4.45. The van der Waals surface area contributed by atoms with Crippen molar-refractivity contribution in [2.24, 2.45) is 5.73 Å². The maximum absolute atomic E-state index is 13.2. The molecule has 0 saturated heterocycles. The molecule has 0 aliphatic carbocycles. The van der Waals surface area contributed by atoms with Gasteiger partial charge in [-0.2, -0.15) is 0 Å². The molecular formula is C9H10F2N2O2S2. The highest BCUT2D eigenvalue weighted by Crippen LogP contribution is 2.09. The summed E-state index contributed by atoms with van der Waals surface area (Å²) in [5.41, 5.74) is 4.99. The molecule has 94 valence electrons. The summed E-state index contributed by atoms with van der Waals surface area (Å²) < 4.78 is 50.7. The molecule has 0 bridgehead atoms. The van der Waals surface area contributed by atoms with Gasteiger partial charge in [0.25, 0.3) is 0 Å². The zero-order chi connectivity index (χ0) is 13.1. The molecule has 1 rings (SSSR count). The van der Waals surface area contributed by atoms with Crippen molar-refractivity contribution in [3.05, 3.63) is 35.4 Å². The van der Waals surface area contributed by atoms with Gasteiger partial charge in [0.05, 0.1) is 4.99 Å². The topological polar surface area (TPSA) is 72.2 Å². The number of sulfonamides is 1. The SMILES string of the molecule is NC(=S)CS(=O)(=O)NCc1cc(F)ccc1F. The third-order valence-corrected chi connectivity index (χ3v) is 3.42. The summed E-state index contributed by atoms with van der Waals surface area (Å²) in [6.07, 6.45) is 0. The molecule has 0 spiro atoms. The van der Waals surface area contributed by atoms with Crippen LogP contribution in [0.25, 0.3) is 0 Å². The molecule has 1 aromatic rings. The van der Waals surface area contributed by atoms with Gasteiger partial charge in [-0.25, -0.2) is 21.9 Å². The Morgan fingerprint density at radius 2 is 2.06 bits per heavy atom. The molecule has 0 unspecified atom stereocenters. The van der Waals surface area contributed by atoms with E-state index in [9.17, 15) is 17.2 Å². The maximum Gasteiger partial charge on any atom is 0.218 e. The highest BCUT2D eigenvalue weighted by atomic mass is 32.2. The summed E-state index contributed by atoms with van der Waals surface area (Å²) in [5, 5.41) is 0. The normalized spacial score (nSPS) is 11.4. The van der Waals surface area contributed by atoms with Gasteiger partial charge in [-0.05, 0) is 18.2 Å². The van der Waals surface area contributed by atoms with Crippen molar-refractivity contribution in [2.45, 2.75) is 6.54 Å². The molecule has 1 aromatic carbocycles. The summed E-state index contributed by atoms with van der Waals surface area (Å²) in [4.78, 5) is -0.197. The van der Waals surface area contributed by atoms with Crippen molar-refractivity contribution in [3.8, 4) is 0 Å². The van der Waals surface area contributed by atoms with Crippen molar-refractivity contribution in [1.82, 2.24) is 4.72 Å². The van der Waals surface area contributed by atoms with E-state index in [1.807, 2.05) is 0 Å². The van der Waals surface area contributed by atoms with Crippen LogP contribution in [0, 0.1) is 11.6 Å². The predicted octanol–water partition coefficient (Wildman–Crippen LogP) is 0.670. The fourth-order valence-corrected chi connectivity index (χ4v) is 2.42. The number of nitrogens with two attached hydrogens (primary N) is 1. The van der Waals surface area contributed by atoms with E-state index in [-0.39, 0.29) is 17.1 Å². The quantitative estimate of drug-likeness (QED) is 0.778. The van der Waals surface area contributed by atoms with Crippen LogP contribution in [0.3, 0.4) is 0 Å². The minimum Gasteiger partial charge on any atom is -0.392 e. The van der Waals surface area contributed by atoms with Crippen LogP contribution in [0.2, 0.25) is 0 Å². The van der Waals surface area contributed by atoms with E-state index in [1.54, 1.807) is 0 Å². The van der Waals surface area contributed by atoms with E-state index in [1.165, 1.54) is 0 Å². The van der Waals surface area contributed by atoms with Crippen LogP contribution in [-0.2, 0) is 16.6 Å². The van der Waals surface area contributed by atoms with Crippen LogP contribution in [0.1, 0.15) is 5.56 Å². The third-order valence-electron chi connectivity index (χ3n) is 1.82. The molecule has 0 aliphatic heterocycles. The first-order valence-electron chi connectivity index (χ1n) is 4.50. The molecule has 4 nitrogen and oxygen atoms in total. The van der Waals surface area contributed by atoms with E-state index in [4.69, 9.17) is 5.73 Å². The van der Waals surface area contributed by atoms with E-state index >= 15 is 0 Å². The van der Waals surface area contributed by atoms with Crippen LogP contribution in [-0.4, -0.2) is 19.2 Å². The number of hydrogen-bond donors (Lipinski definition) is 2. The minimum atomic E-state index is -3.71. The van der Waals surface area contributed by atoms with E-state index in [0.29, 0.717) is 0 Å². The lowest BCUT2D eigenvalue weighted by molar-refractivity contribution is 0.569. The highest BCUT2D eigenvalue weighted by Gasteiger charge is 2.13. The van der Waals surface area contributed by atoms with Gasteiger partial charge in [0.1, 0.15) is 17.4 Å². The standard InChI is InChI=1S/C9H10F2N2O2S2/c10-7-1-2-8(11)6(3-7)4-13-17(14,15)5-9(12)16/h1-3,13H,4-5H2,(H2,12,16). The van der Waals surface area contributed by atoms with E-state index < -0.39 is 27.4 Å².